The van der Waals surface area contributed by atoms with Gasteiger partial charge in [0.2, 0.25) is 0 Å². The van der Waals surface area contributed by atoms with E-state index in [9.17, 15) is 0 Å². The third-order valence-corrected chi connectivity index (χ3v) is 5.07. The molecule has 3 unspecified atom stereocenters. The molecule has 2 bridgehead atoms. The summed E-state index contributed by atoms with van der Waals surface area (Å²) in [6.07, 6.45) is 6.99. The number of ether oxygens (including phenoxy) is 2. The molecule has 0 amide bonds. The lowest BCUT2D eigenvalue weighted by molar-refractivity contribution is 0.354. The van der Waals surface area contributed by atoms with Gasteiger partial charge in [0.05, 0.1) is 20.4 Å². The van der Waals surface area contributed by atoms with Gasteiger partial charge in [-0.1, -0.05) is 12.5 Å². The van der Waals surface area contributed by atoms with Crippen molar-refractivity contribution in [2.45, 2.75) is 31.7 Å². The van der Waals surface area contributed by atoms with E-state index in [4.69, 9.17) is 21.7 Å². The third-order valence-electron chi connectivity index (χ3n) is 4.86. The van der Waals surface area contributed by atoms with Crippen molar-refractivity contribution in [3.05, 3.63) is 23.8 Å². The molecule has 23 heavy (non-hydrogen) atoms. The molecule has 5 nitrogen and oxygen atoms in total. The van der Waals surface area contributed by atoms with Crippen molar-refractivity contribution in [1.82, 2.24) is 10.7 Å². The second-order valence-corrected chi connectivity index (χ2v) is 6.62. The van der Waals surface area contributed by atoms with Gasteiger partial charge in [-0.25, -0.2) is 0 Å². The summed E-state index contributed by atoms with van der Waals surface area (Å²) in [5.41, 5.74) is 3.73. The van der Waals surface area contributed by atoms with E-state index in [0.717, 1.165) is 17.4 Å². The Bertz CT molecular complexity index is 606. The van der Waals surface area contributed by atoms with Crippen molar-refractivity contribution in [1.29, 1.82) is 0 Å². The molecule has 0 heterocycles. The monoisotopic (exact) mass is 333 g/mol. The molecular formula is C17H23N3O2S. The molecule has 0 radical (unpaired) electrons. The predicted molar refractivity (Wildman–Crippen MR) is 95.2 cm³/mol. The lowest BCUT2D eigenvalue weighted by atomic mass is 9.96. The van der Waals surface area contributed by atoms with Gasteiger partial charge in [0, 0.05) is 11.6 Å². The number of nitrogens with zero attached hydrogens (tertiary/aromatic N) is 1. The van der Waals surface area contributed by atoms with Crippen molar-refractivity contribution in [3.8, 4) is 11.5 Å². The molecule has 124 valence electrons. The lowest BCUT2D eigenvalue weighted by Gasteiger charge is -2.23. The molecule has 1 aromatic carbocycles. The van der Waals surface area contributed by atoms with E-state index in [0.29, 0.717) is 22.7 Å². The minimum atomic E-state index is 0.510. The van der Waals surface area contributed by atoms with Crippen LogP contribution in [0.3, 0.4) is 0 Å². The van der Waals surface area contributed by atoms with Crippen molar-refractivity contribution >= 4 is 23.5 Å². The fraction of sp³-hybridized carbons (Fsp3) is 0.529. The van der Waals surface area contributed by atoms with Crippen LogP contribution in [0.2, 0.25) is 0 Å². The molecule has 3 atom stereocenters. The minimum Gasteiger partial charge on any atom is -0.493 e. The Labute approximate surface area is 142 Å². The van der Waals surface area contributed by atoms with E-state index in [-0.39, 0.29) is 0 Å². The Hall–Kier alpha value is -1.82. The van der Waals surface area contributed by atoms with Crippen molar-refractivity contribution in [3.63, 3.8) is 0 Å². The van der Waals surface area contributed by atoms with Gasteiger partial charge in [0.25, 0.3) is 0 Å². The number of rotatable bonds is 5. The first-order valence-corrected chi connectivity index (χ1v) is 8.42. The number of benzene rings is 1. The van der Waals surface area contributed by atoms with Gasteiger partial charge in [0.1, 0.15) is 0 Å². The molecule has 3 rings (SSSR count). The van der Waals surface area contributed by atoms with E-state index in [1.165, 1.54) is 25.7 Å². The van der Waals surface area contributed by atoms with Gasteiger partial charge < -0.3 is 14.8 Å². The molecule has 2 aliphatic rings. The summed E-state index contributed by atoms with van der Waals surface area (Å²) in [6, 6.07) is 6.17. The summed E-state index contributed by atoms with van der Waals surface area (Å²) < 4.78 is 10.6. The van der Waals surface area contributed by atoms with E-state index in [2.05, 4.69) is 15.8 Å². The largest absolute Gasteiger partial charge is 0.493 e. The van der Waals surface area contributed by atoms with Gasteiger partial charge in [-0.05, 0) is 55.4 Å². The number of hydrogen-bond acceptors (Lipinski definition) is 4. The third kappa shape index (κ3) is 3.58. The molecule has 0 spiro atoms. The Morgan fingerprint density at radius 2 is 2.13 bits per heavy atom. The van der Waals surface area contributed by atoms with Crippen LogP contribution >= 0.6 is 12.2 Å². The normalized spacial score (nSPS) is 25.6. The number of fused-ring (bicyclic) bond motifs is 2. The van der Waals surface area contributed by atoms with Gasteiger partial charge in [-0.3, -0.25) is 5.43 Å². The number of hydrogen-bond donors (Lipinski definition) is 2. The van der Waals surface area contributed by atoms with Crippen LogP contribution in [0.1, 0.15) is 31.2 Å². The highest BCUT2D eigenvalue weighted by molar-refractivity contribution is 7.80. The first-order chi connectivity index (χ1) is 11.2. The average Bonchev–Trinajstić information content (AvgIpc) is 3.17. The van der Waals surface area contributed by atoms with Gasteiger partial charge in [0.15, 0.2) is 16.6 Å². The number of para-hydroxylation sites is 1. The zero-order chi connectivity index (χ0) is 16.2. The molecular weight excluding hydrogens is 310 g/mol. The SMILES string of the molecule is COc1cccc(C=NNC(=S)NC2CC3CCC2C3)c1OC. The van der Waals surface area contributed by atoms with Crippen LogP contribution < -0.4 is 20.2 Å². The summed E-state index contributed by atoms with van der Waals surface area (Å²) in [5, 5.41) is 8.20. The molecule has 2 aliphatic carbocycles. The highest BCUT2D eigenvalue weighted by Crippen LogP contribution is 2.44. The van der Waals surface area contributed by atoms with E-state index >= 15 is 0 Å². The summed E-state index contributed by atoms with van der Waals surface area (Å²) in [5.74, 6) is 3.01. The van der Waals surface area contributed by atoms with Gasteiger partial charge in [-0.15, -0.1) is 0 Å². The predicted octanol–water partition coefficient (Wildman–Crippen LogP) is 2.69. The molecule has 2 saturated carbocycles. The summed E-state index contributed by atoms with van der Waals surface area (Å²) >= 11 is 5.34. The van der Waals surface area contributed by atoms with Crippen molar-refractivity contribution in [2.75, 3.05) is 14.2 Å². The standard InChI is InChI=1S/C17H23N3O2S/c1-21-15-5-3-4-13(16(15)22-2)10-18-20-17(23)19-14-9-11-6-7-12(14)8-11/h3-5,10-12,14H,6-9H2,1-2H3,(H2,19,20,23). The van der Waals surface area contributed by atoms with Crippen LogP contribution in [-0.2, 0) is 0 Å². The zero-order valence-corrected chi connectivity index (χ0v) is 14.4. The molecule has 0 aliphatic heterocycles. The fourth-order valence-electron chi connectivity index (χ4n) is 3.80. The van der Waals surface area contributed by atoms with E-state index in [1.807, 2.05) is 18.2 Å². The summed E-state index contributed by atoms with van der Waals surface area (Å²) in [6.45, 7) is 0. The van der Waals surface area contributed by atoms with Crippen LogP contribution in [0, 0.1) is 11.8 Å². The second-order valence-electron chi connectivity index (χ2n) is 6.21. The smallest absolute Gasteiger partial charge is 0.187 e. The number of thiocarbonyl (C=S) groups is 1. The highest BCUT2D eigenvalue weighted by Gasteiger charge is 2.39. The van der Waals surface area contributed by atoms with Crippen LogP contribution in [0.5, 0.6) is 11.5 Å². The molecule has 0 saturated heterocycles. The number of hydrazone groups is 1. The Kier molecular flexibility index (Phi) is 5.00. The van der Waals surface area contributed by atoms with E-state index < -0.39 is 0 Å². The molecule has 2 N–H and O–H groups in total. The average molecular weight is 333 g/mol. The van der Waals surface area contributed by atoms with Crippen LogP contribution in [0.25, 0.3) is 0 Å². The van der Waals surface area contributed by atoms with Crippen molar-refractivity contribution in [2.24, 2.45) is 16.9 Å². The Morgan fingerprint density at radius 1 is 1.26 bits per heavy atom. The van der Waals surface area contributed by atoms with Gasteiger partial charge >= 0.3 is 0 Å². The second kappa shape index (κ2) is 7.17. The molecule has 0 aromatic heterocycles. The number of methoxy groups -OCH3 is 2. The Balaban J connectivity index is 1.55. The van der Waals surface area contributed by atoms with E-state index in [1.54, 1.807) is 20.4 Å². The maximum Gasteiger partial charge on any atom is 0.187 e. The molecule has 2 fully saturated rings. The minimum absolute atomic E-state index is 0.510. The molecule has 1 aromatic rings. The lowest BCUT2D eigenvalue weighted by Crippen LogP contribution is -2.42. The maximum absolute atomic E-state index is 5.37. The number of nitrogens with one attached hydrogen (secondary N) is 2. The maximum atomic E-state index is 5.37. The van der Waals surface area contributed by atoms with Gasteiger partial charge in [-0.2, -0.15) is 5.10 Å². The highest BCUT2D eigenvalue weighted by atomic mass is 32.1. The van der Waals surface area contributed by atoms with Crippen LogP contribution in [-0.4, -0.2) is 31.6 Å². The van der Waals surface area contributed by atoms with Crippen LogP contribution in [0.15, 0.2) is 23.3 Å². The van der Waals surface area contributed by atoms with Crippen LogP contribution in [0.4, 0.5) is 0 Å². The summed E-state index contributed by atoms with van der Waals surface area (Å²) in [7, 11) is 3.23. The fourth-order valence-corrected chi connectivity index (χ4v) is 4.00. The quantitative estimate of drug-likeness (QED) is 0.493. The summed E-state index contributed by atoms with van der Waals surface area (Å²) in [4.78, 5) is 0. The first-order valence-electron chi connectivity index (χ1n) is 8.01. The Morgan fingerprint density at radius 3 is 2.78 bits per heavy atom. The zero-order valence-electron chi connectivity index (χ0n) is 13.5. The molecule has 6 heteroatoms. The van der Waals surface area contributed by atoms with Crippen molar-refractivity contribution < 1.29 is 9.47 Å². The topological polar surface area (TPSA) is 54.9 Å². The first kappa shape index (κ1) is 16.1.